The average molecular weight is 235 g/mol. The van der Waals surface area contributed by atoms with Crippen LogP contribution in [0.4, 0.5) is 0 Å². The van der Waals surface area contributed by atoms with E-state index in [2.05, 4.69) is 11.6 Å². The van der Waals surface area contributed by atoms with Crippen LogP contribution in [-0.2, 0) is 10.2 Å². The molecule has 15 heavy (non-hydrogen) atoms. The number of nitrogens with two attached hydrogens (primary N) is 1. The van der Waals surface area contributed by atoms with E-state index in [9.17, 15) is 8.42 Å². The Morgan fingerprint density at radius 1 is 1.60 bits per heavy atom. The molecule has 0 amide bonds. The van der Waals surface area contributed by atoms with Crippen LogP contribution in [0.15, 0.2) is 0 Å². The topological polar surface area (TPSA) is 75.4 Å². The van der Waals surface area contributed by atoms with Crippen molar-refractivity contribution in [1.29, 1.82) is 0 Å². The van der Waals surface area contributed by atoms with Gasteiger partial charge in [0.25, 0.3) is 10.2 Å². The first kappa shape index (κ1) is 12.9. The highest BCUT2D eigenvalue weighted by molar-refractivity contribution is 7.87. The highest BCUT2D eigenvalue weighted by atomic mass is 32.2. The molecule has 0 bridgehead atoms. The van der Waals surface area contributed by atoms with Crippen LogP contribution in [0.1, 0.15) is 26.7 Å². The van der Waals surface area contributed by atoms with Crippen LogP contribution in [0.2, 0.25) is 0 Å². The second kappa shape index (κ2) is 5.25. The Hall–Kier alpha value is -0.170. The van der Waals surface area contributed by atoms with Gasteiger partial charge in [-0.05, 0) is 25.7 Å². The zero-order valence-corrected chi connectivity index (χ0v) is 10.3. The highest BCUT2D eigenvalue weighted by Gasteiger charge is 2.26. The third kappa shape index (κ3) is 4.06. The van der Waals surface area contributed by atoms with Gasteiger partial charge in [-0.25, -0.2) is 4.72 Å². The predicted octanol–water partition coefficient (Wildman–Crippen LogP) is -0.100. The highest BCUT2D eigenvalue weighted by Crippen LogP contribution is 2.17. The lowest BCUT2D eigenvalue weighted by atomic mass is 10.0. The molecule has 90 valence electrons. The molecule has 2 atom stereocenters. The molecule has 3 N–H and O–H groups in total. The predicted molar refractivity (Wildman–Crippen MR) is 60.5 cm³/mol. The molecule has 1 heterocycles. The van der Waals surface area contributed by atoms with Crippen molar-refractivity contribution in [2.75, 3.05) is 19.6 Å². The van der Waals surface area contributed by atoms with Gasteiger partial charge in [-0.1, -0.05) is 6.92 Å². The fourth-order valence-electron chi connectivity index (χ4n) is 1.69. The molecule has 0 aromatic carbocycles. The summed E-state index contributed by atoms with van der Waals surface area (Å²) in [5, 5.41) is 0. The first-order chi connectivity index (χ1) is 6.92. The third-order valence-electron chi connectivity index (χ3n) is 2.55. The molecule has 5 nitrogen and oxygen atoms in total. The van der Waals surface area contributed by atoms with Gasteiger partial charge in [0.15, 0.2) is 0 Å². The van der Waals surface area contributed by atoms with Crippen LogP contribution in [0.5, 0.6) is 0 Å². The second-order valence-corrected chi connectivity index (χ2v) is 6.19. The maximum absolute atomic E-state index is 11.8. The number of nitrogens with one attached hydrogen (secondary N) is 1. The normalized spacial score (nSPS) is 26.5. The summed E-state index contributed by atoms with van der Waals surface area (Å²) in [6.45, 7) is 5.40. The number of nitrogens with zero attached hydrogens (tertiary/aromatic N) is 1. The van der Waals surface area contributed by atoms with Gasteiger partial charge < -0.3 is 5.73 Å². The zero-order chi connectivity index (χ0) is 11.5. The van der Waals surface area contributed by atoms with Crippen molar-refractivity contribution >= 4 is 10.2 Å². The number of hydrogen-bond acceptors (Lipinski definition) is 3. The van der Waals surface area contributed by atoms with Crippen molar-refractivity contribution in [2.45, 2.75) is 32.7 Å². The van der Waals surface area contributed by atoms with Crippen molar-refractivity contribution in [3.63, 3.8) is 0 Å². The number of piperidine rings is 1. The molecule has 1 aliphatic heterocycles. The van der Waals surface area contributed by atoms with Crippen LogP contribution >= 0.6 is 0 Å². The third-order valence-corrected chi connectivity index (χ3v) is 4.09. The fraction of sp³-hybridized carbons (Fsp3) is 1.00. The van der Waals surface area contributed by atoms with Crippen molar-refractivity contribution in [3.05, 3.63) is 0 Å². The van der Waals surface area contributed by atoms with Crippen LogP contribution in [0, 0.1) is 5.92 Å². The van der Waals surface area contributed by atoms with Crippen LogP contribution in [0.25, 0.3) is 0 Å². The molecule has 1 saturated heterocycles. The van der Waals surface area contributed by atoms with Crippen molar-refractivity contribution in [1.82, 2.24) is 9.03 Å². The Morgan fingerprint density at radius 2 is 2.27 bits per heavy atom. The summed E-state index contributed by atoms with van der Waals surface area (Å²) in [6.07, 6.45) is 2.06. The summed E-state index contributed by atoms with van der Waals surface area (Å²) in [4.78, 5) is 0. The summed E-state index contributed by atoms with van der Waals surface area (Å²) < 4.78 is 27.6. The van der Waals surface area contributed by atoms with Gasteiger partial charge in [0.1, 0.15) is 0 Å². The summed E-state index contributed by atoms with van der Waals surface area (Å²) in [7, 11) is -3.31. The molecule has 1 aliphatic rings. The molecule has 0 spiro atoms. The Labute approximate surface area is 92.2 Å². The maximum atomic E-state index is 11.8. The lowest BCUT2D eigenvalue weighted by molar-refractivity contribution is 0.278. The van der Waals surface area contributed by atoms with Crippen molar-refractivity contribution in [2.24, 2.45) is 11.7 Å². The van der Waals surface area contributed by atoms with Crippen LogP contribution in [0.3, 0.4) is 0 Å². The number of hydrogen-bond donors (Lipinski definition) is 2. The summed E-state index contributed by atoms with van der Waals surface area (Å²) in [6, 6.07) is -0.151. The number of rotatable bonds is 4. The van der Waals surface area contributed by atoms with E-state index < -0.39 is 10.2 Å². The van der Waals surface area contributed by atoms with E-state index >= 15 is 0 Å². The van der Waals surface area contributed by atoms with Gasteiger partial charge in [0, 0.05) is 25.7 Å². The molecule has 0 aliphatic carbocycles. The van der Waals surface area contributed by atoms with Gasteiger partial charge in [-0.2, -0.15) is 12.7 Å². The summed E-state index contributed by atoms with van der Waals surface area (Å²) >= 11 is 0. The Kier molecular flexibility index (Phi) is 4.51. The smallest absolute Gasteiger partial charge is 0.279 e. The SMILES string of the molecule is CC(N)CNS(=O)(=O)N1CCCC(C)C1. The molecule has 0 radical (unpaired) electrons. The van der Waals surface area contributed by atoms with E-state index in [4.69, 9.17) is 5.73 Å². The molecule has 0 saturated carbocycles. The van der Waals surface area contributed by atoms with Gasteiger partial charge >= 0.3 is 0 Å². The van der Waals surface area contributed by atoms with Crippen molar-refractivity contribution < 1.29 is 8.42 Å². The summed E-state index contributed by atoms with van der Waals surface area (Å²) in [5.41, 5.74) is 5.51. The minimum Gasteiger partial charge on any atom is -0.327 e. The van der Waals surface area contributed by atoms with Gasteiger partial charge in [0.05, 0.1) is 0 Å². The van der Waals surface area contributed by atoms with E-state index in [1.807, 2.05) is 0 Å². The molecular formula is C9H21N3O2S. The largest absolute Gasteiger partial charge is 0.327 e. The second-order valence-electron chi connectivity index (χ2n) is 4.44. The fourth-order valence-corrected chi connectivity index (χ4v) is 3.17. The van der Waals surface area contributed by atoms with Crippen LogP contribution in [-0.4, -0.2) is 38.4 Å². The Bertz CT molecular complexity index is 290. The molecule has 6 heteroatoms. The molecule has 0 aromatic rings. The molecule has 1 rings (SSSR count). The van der Waals surface area contributed by atoms with Crippen molar-refractivity contribution in [3.8, 4) is 0 Å². The van der Waals surface area contributed by atoms with E-state index in [0.29, 0.717) is 25.6 Å². The van der Waals surface area contributed by atoms with E-state index in [1.54, 1.807) is 6.92 Å². The minimum absolute atomic E-state index is 0.151. The lowest BCUT2D eigenvalue weighted by Crippen LogP contribution is -2.47. The summed E-state index contributed by atoms with van der Waals surface area (Å²) in [5.74, 6) is 0.450. The average Bonchev–Trinajstić information content (AvgIpc) is 2.15. The first-order valence-electron chi connectivity index (χ1n) is 5.42. The van der Waals surface area contributed by atoms with Gasteiger partial charge in [0.2, 0.25) is 0 Å². The van der Waals surface area contributed by atoms with E-state index in [0.717, 1.165) is 12.8 Å². The monoisotopic (exact) mass is 235 g/mol. The molecule has 1 fully saturated rings. The standard InChI is InChI=1S/C9H21N3O2S/c1-8-4-3-5-12(7-8)15(13,14)11-6-9(2)10/h8-9,11H,3-7,10H2,1-2H3. The van der Waals surface area contributed by atoms with E-state index in [1.165, 1.54) is 4.31 Å². The molecular weight excluding hydrogens is 214 g/mol. The molecule has 0 aromatic heterocycles. The quantitative estimate of drug-likeness (QED) is 0.714. The van der Waals surface area contributed by atoms with Gasteiger partial charge in [-0.15, -0.1) is 0 Å². The minimum atomic E-state index is -3.31. The zero-order valence-electron chi connectivity index (χ0n) is 9.44. The Balaban J connectivity index is 2.52. The van der Waals surface area contributed by atoms with Gasteiger partial charge in [-0.3, -0.25) is 0 Å². The molecule has 2 unspecified atom stereocenters. The maximum Gasteiger partial charge on any atom is 0.279 e. The Morgan fingerprint density at radius 3 is 2.80 bits per heavy atom. The van der Waals surface area contributed by atoms with E-state index in [-0.39, 0.29) is 6.04 Å². The van der Waals surface area contributed by atoms with Crippen LogP contribution < -0.4 is 10.5 Å². The first-order valence-corrected chi connectivity index (χ1v) is 6.86. The lowest BCUT2D eigenvalue weighted by Gasteiger charge is -2.30.